The van der Waals surface area contributed by atoms with Gasteiger partial charge in [-0.2, -0.15) is 0 Å². The lowest BCUT2D eigenvalue weighted by Crippen LogP contribution is -2.46. The summed E-state index contributed by atoms with van der Waals surface area (Å²) >= 11 is 12.0. The Morgan fingerprint density at radius 1 is 1.32 bits per heavy atom. The van der Waals surface area contributed by atoms with Gasteiger partial charge in [-0.1, -0.05) is 29.3 Å². The van der Waals surface area contributed by atoms with Crippen LogP contribution in [0, 0.1) is 0 Å². The van der Waals surface area contributed by atoms with Gasteiger partial charge in [-0.25, -0.2) is 0 Å². The van der Waals surface area contributed by atoms with Crippen molar-refractivity contribution in [1.82, 2.24) is 10.2 Å². The minimum absolute atomic E-state index is 0.0261. The van der Waals surface area contributed by atoms with Crippen molar-refractivity contribution in [3.63, 3.8) is 0 Å². The highest BCUT2D eigenvalue weighted by atomic mass is 35.5. The van der Waals surface area contributed by atoms with Crippen LogP contribution in [0.15, 0.2) is 18.2 Å². The maximum atomic E-state index is 11.9. The number of benzene rings is 1. The third kappa shape index (κ3) is 7.02. The van der Waals surface area contributed by atoms with Crippen molar-refractivity contribution >= 4 is 29.1 Å². The van der Waals surface area contributed by atoms with E-state index in [0.717, 1.165) is 26.1 Å². The standard InChI is InChI=1S/C18H26Cl2N2O3/c1-13-11-22(12-14(2)25-13)9-4-8-21-17(23)7-10-24-16-6-3-5-15(19)18(16)20/h3,5-6,13-14H,4,7-12H2,1-2H3,(H,21,23). The number of ether oxygens (including phenoxy) is 2. The largest absolute Gasteiger partial charge is 0.491 e. The molecule has 1 saturated heterocycles. The number of morpholine rings is 1. The van der Waals surface area contributed by atoms with E-state index in [9.17, 15) is 4.79 Å². The van der Waals surface area contributed by atoms with Gasteiger partial charge >= 0.3 is 0 Å². The van der Waals surface area contributed by atoms with Gasteiger partial charge in [0, 0.05) is 26.2 Å². The summed E-state index contributed by atoms with van der Waals surface area (Å²) in [6.07, 6.45) is 1.75. The number of carbonyl (C=O) groups excluding carboxylic acids is 1. The van der Waals surface area contributed by atoms with Crippen molar-refractivity contribution in [3.05, 3.63) is 28.2 Å². The predicted octanol–water partition coefficient (Wildman–Crippen LogP) is 3.38. The van der Waals surface area contributed by atoms with Gasteiger partial charge in [-0.3, -0.25) is 9.69 Å². The van der Waals surface area contributed by atoms with Crippen LogP contribution < -0.4 is 10.1 Å². The van der Waals surface area contributed by atoms with E-state index >= 15 is 0 Å². The molecule has 25 heavy (non-hydrogen) atoms. The maximum absolute atomic E-state index is 11.9. The third-order valence-electron chi connectivity index (χ3n) is 3.97. The van der Waals surface area contributed by atoms with E-state index in [-0.39, 0.29) is 31.1 Å². The Bertz CT molecular complexity index is 561. The summed E-state index contributed by atoms with van der Waals surface area (Å²) in [5, 5.41) is 3.73. The van der Waals surface area contributed by atoms with E-state index in [1.807, 2.05) is 0 Å². The summed E-state index contributed by atoms with van der Waals surface area (Å²) in [6, 6.07) is 5.19. The second kappa shape index (κ2) is 10.2. The summed E-state index contributed by atoms with van der Waals surface area (Å²) in [4.78, 5) is 14.2. The third-order valence-corrected chi connectivity index (χ3v) is 4.77. The molecule has 1 aromatic carbocycles. The molecule has 1 aliphatic rings. The molecule has 1 N–H and O–H groups in total. The van der Waals surface area contributed by atoms with Crippen LogP contribution in [0.4, 0.5) is 0 Å². The molecule has 2 rings (SSSR count). The molecule has 140 valence electrons. The number of hydrogen-bond donors (Lipinski definition) is 1. The lowest BCUT2D eigenvalue weighted by molar-refractivity contribution is -0.121. The molecule has 0 aliphatic carbocycles. The molecule has 7 heteroatoms. The van der Waals surface area contributed by atoms with Crippen molar-refractivity contribution < 1.29 is 14.3 Å². The van der Waals surface area contributed by atoms with Gasteiger partial charge in [-0.15, -0.1) is 0 Å². The van der Waals surface area contributed by atoms with Gasteiger partial charge < -0.3 is 14.8 Å². The zero-order valence-electron chi connectivity index (χ0n) is 14.8. The molecule has 0 spiro atoms. The number of hydrogen-bond acceptors (Lipinski definition) is 4. The number of amides is 1. The average molecular weight is 389 g/mol. The summed E-state index contributed by atoms with van der Waals surface area (Å²) in [5.41, 5.74) is 0. The molecule has 1 fully saturated rings. The first-order valence-corrected chi connectivity index (χ1v) is 9.42. The Balaban J connectivity index is 1.57. The van der Waals surface area contributed by atoms with Crippen molar-refractivity contribution in [3.8, 4) is 5.75 Å². The first kappa shape index (κ1) is 20.3. The number of halogens is 2. The first-order valence-electron chi connectivity index (χ1n) is 8.67. The molecule has 5 nitrogen and oxygen atoms in total. The molecule has 2 atom stereocenters. The average Bonchev–Trinajstić information content (AvgIpc) is 2.55. The van der Waals surface area contributed by atoms with E-state index in [1.54, 1.807) is 18.2 Å². The first-order chi connectivity index (χ1) is 12.0. The van der Waals surface area contributed by atoms with E-state index in [1.165, 1.54) is 0 Å². The number of rotatable bonds is 8. The highest BCUT2D eigenvalue weighted by Gasteiger charge is 2.21. The highest BCUT2D eigenvalue weighted by molar-refractivity contribution is 6.42. The molecular weight excluding hydrogens is 363 g/mol. The Morgan fingerprint density at radius 3 is 2.76 bits per heavy atom. The van der Waals surface area contributed by atoms with Crippen LogP contribution in [0.5, 0.6) is 5.75 Å². The molecular formula is C18H26Cl2N2O3. The number of nitrogens with zero attached hydrogens (tertiary/aromatic N) is 1. The lowest BCUT2D eigenvalue weighted by atomic mass is 10.2. The second-order valence-corrected chi connectivity index (χ2v) is 7.16. The second-order valence-electron chi connectivity index (χ2n) is 6.37. The van der Waals surface area contributed by atoms with E-state index in [2.05, 4.69) is 24.1 Å². The molecule has 1 aliphatic heterocycles. The molecule has 0 radical (unpaired) electrons. The fraction of sp³-hybridized carbons (Fsp3) is 0.611. The zero-order chi connectivity index (χ0) is 18.2. The quantitative estimate of drug-likeness (QED) is 0.693. The summed E-state index contributed by atoms with van der Waals surface area (Å²) in [7, 11) is 0. The van der Waals surface area contributed by atoms with Gasteiger partial charge in [0.05, 0.1) is 30.3 Å². The van der Waals surface area contributed by atoms with Crippen LogP contribution >= 0.6 is 23.2 Å². The van der Waals surface area contributed by atoms with Crippen molar-refractivity contribution in [2.24, 2.45) is 0 Å². The van der Waals surface area contributed by atoms with Crippen LogP contribution in [0.3, 0.4) is 0 Å². The van der Waals surface area contributed by atoms with Crippen molar-refractivity contribution in [2.45, 2.75) is 38.9 Å². The predicted molar refractivity (Wildman–Crippen MR) is 101 cm³/mol. The van der Waals surface area contributed by atoms with Crippen LogP contribution in [0.25, 0.3) is 0 Å². The Labute approximate surface area is 159 Å². The Kier molecular flexibility index (Phi) is 8.30. The summed E-state index contributed by atoms with van der Waals surface area (Å²) in [6.45, 7) is 7.99. The molecule has 1 amide bonds. The topological polar surface area (TPSA) is 50.8 Å². The maximum Gasteiger partial charge on any atom is 0.223 e. The van der Waals surface area contributed by atoms with Gasteiger partial charge in [0.2, 0.25) is 5.91 Å². The van der Waals surface area contributed by atoms with E-state index in [0.29, 0.717) is 22.3 Å². The highest BCUT2D eigenvalue weighted by Crippen LogP contribution is 2.31. The number of carbonyl (C=O) groups is 1. The van der Waals surface area contributed by atoms with Gasteiger partial charge in [0.1, 0.15) is 10.8 Å². The smallest absolute Gasteiger partial charge is 0.223 e. The molecule has 1 heterocycles. The fourth-order valence-corrected chi connectivity index (χ4v) is 3.28. The van der Waals surface area contributed by atoms with Crippen LogP contribution in [0.2, 0.25) is 10.0 Å². The minimum atomic E-state index is -0.0261. The lowest BCUT2D eigenvalue weighted by Gasteiger charge is -2.35. The van der Waals surface area contributed by atoms with Crippen molar-refractivity contribution in [1.29, 1.82) is 0 Å². The molecule has 0 aromatic heterocycles. The normalized spacial score (nSPS) is 21.1. The number of nitrogens with one attached hydrogen (secondary N) is 1. The molecule has 0 bridgehead atoms. The van der Waals surface area contributed by atoms with Gasteiger partial charge in [-0.05, 0) is 32.4 Å². The fourth-order valence-electron chi connectivity index (χ4n) is 2.93. The summed E-state index contributed by atoms with van der Waals surface area (Å²) in [5.74, 6) is 0.472. The minimum Gasteiger partial charge on any atom is -0.491 e. The van der Waals surface area contributed by atoms with Gasteiger partial charge in [0.15, 0.2) is 0 Å². The van der Waals surface area contributed by atoms with E-state index < -0.39 is 0 Å². The van der Waals surface area contributed by atoms with Crippen LogP contribution in [-0.2, 0) is 9.53 Å². The Morgan fingerprint density at radius 2 is 2.04 bits per heavy atom. The van der Waals surface area contributed by atoms with E-state index in [4.69, 9.17) is 32.7 Å². The van der Waals surface area contributed by atoms with Crippen molar-refractivity contribution in [2.75, 3.05) is 32.8 Å². The monoisotopic (exact) mass is 388 g/mol. The molecule has 0 saturated carbocycles. The van der Waals surface area contributed by atoms with Gasteiger partial charge in [0.25, 0.3) is 0 Å². The van der Waals surface area contributed by atoms with Crippen LogP contribution in [0.1, 0.15) is 26.7 Å². The molecule has 2 unspecified atom stereocenters. The Hall–Kier alpha value is -1.01. The summed E-state index contributed by atoms with van der Waals surface area (Å²) < 4.78 is 11.2. The SMILES string of the molecule is CC1CN(CCCNC(=O)CCOc2cccc(Cl)c2Cl)CC(C)O1. The molecule has 1 aromatic rings. The zero-order valence-corrected chi connectivity index (χ0v) is 16.3. The van der Waals surface area contributed by atoms with Crippen LogP contribution in [-0.4, -0.2) is 55.8 Å².